The molecule has 0 spiro atoms. The molecular formula is C48H65ClFN11O10S. The standard InChI is InChI=1S/C48H65ClFN11O10S/c1-48(2,3)71-47(67)53-15-7-6-8-35(54-40(64)10-5-4-9-39-43-37(29-72-39)56-46(66)58-43)45(65)52-18-20-68-22-23-69-21-19-61-25-32(59-60-61)27-70-28-36-41(38(63)26-62)42(33-12-11-31(50)24-34(33)49)57-44(55-36)30-13-16-51-17-14-30/h11-14,16-17,24-25,35,37,39,42-43,62H,4-10,15,18-23,26-29H2,1-3H3,(H,52,65)(H,53,67)(H,54,64)(H,55,57)(H2,56,58,66)/t35-,37-,39-,42?,43-/m0/s1. The number of alkyl carbamates (subject to hydrolysis) is 1. The highest BCUT2D eigenvalue weighted by Gasteiger charge is 2.42. The van der Waals surface area contributed by atoms with Crippen LogP contribution in [-0.2, 0) is 46.5 Å². The van der Waals surface area contributed by atoms with Crippen LogP contribution in [0.4, 0.5) is 14.0 Å². The molecule has 1 unspecified atom stereocenters. The number of amidine groups is 1. The third-order valence-electron chi connectivity index (χ3n) is 11.6. The second-order valence-corrected chi connectivity index (χ2v) is 20.0. The van der Waals surface area contributed by atoms with Crippen LogP contribution in [0.15, 0.2) is 65.2 Å². The number of Topliss-reactive ketones (excluding diaryl/α,β-unsaturated/α-hetero) is 1. The van der Waals surface area contributed by atoms with E-state index >= 15 is 0 Å². The first kappa shape index (κ1) is 55.6. The fourth-order valence-electron chi connectivity index (χ4n) is 8.13. The van der Waals surface area contributed by atoms with Crippen molar-refractivity contribution in [1.82, 2.24) is 51.9 Å². The van der Waals surface area contributed by atoms with Crippen molar-refractivity contribution in [3.8, 4) is 0 Å². The van der Waals surface area contributed by atoms with Crippen LogP contribution in [0.25, 0.3) is 0 Å². The lowest BCUT2D eigenvalue weighted by atomic mass is 9.92. The first-order valence-corrected chi connectivity index (χ1v) is 25.5. The summed E-state index contributed by atoms with van der Waals surface area (Å²) in [6.07, 6.45) is 8.53. The molecule has 5 atom stereocenters. The number of hydrogen-bond acceptors (Lipinski definition) is 16. The fraction of sp³-hybridized carbons (Fsp3) is 0.562. The SMILES string of the molecule is CC(C)(C)OC(=O)NCCCC[C@H](NC(=O)CCCC[C@@H]1SC[C@@H]2NC(=O)N[C@@H]21)C(=O)NCCOCCOCCn1cc(COCC2=C(C(=O)CO)C(c3ccc(F)cc3Cl)N=C(c3ccncc3)N2)nn1. The minimum absolute atomic E-state index is 0.0314. The molecule has 21 nitrogen and oxygen atoms in total. The van der Waals surface area contributed by atoms with Gasteiger partial charge in [0.2, 0.25) is 11.8 Å². The van der Waals surface area contributed by atoms with E-state index in [0.717, 1.165) is 24.7 Å². The van der Waals surface area contributed by atoms with Crippen LogP contribution in [0.2, 0.25) is 5.02 Å². The summed E-state index contributed by atoms with van der Waals surface area (Å²) in [5, 5.41) is 36.2. The lowest BCUT2D eigenvalue weighted by Crippen LogP contribution is -2.47. The number of nitrogens with zero attached hydrogens (tertiary/aromatic N) is 5. The van der Waals surface area contributed by atoms with E-state index in [1.54, 1.807) is 56.2 Å². The van der Waals surface area contributed by atoms with Crippen LogP contribution >= 0.6 is 23.4 Å². The highest BCUT2D eigenvalue weighted by atomic mass is 35.5. The number of aliphatic imine (C=N–C) groups is 1. The number of ketones is 1. The Morgan fingerprint density at radius 1 is 0.972 bits per heavy atom. The number of halogens is 2. The van der Waals surface area contributed by atoms with Crippen molar-refractivity contribution in [3.63, 3.8) is 0 Å². The number of ether oxygens (including phenoxy) is 4. The number of aromatic nitrogens is 4. The number of unbranched alkanes of at least 4 members (excludes halogenated alkanes) is 2. The van der Waals surface area contributed by atoms with Gasteiger partial charge in [0, 0.05) is 64.6 Å². The molecule has 24 heteroatoms. The minimum atomic E-state index is -0.962. The smallest absolute Gasteiger partial charge is 0.407 e. The fourth-order valence-corrected chi connectivity index (χ4v) is 9.95. The van der Waals surface area contributed by atoms with E-state index in [-0.39, 0.29) is 86.5 Å². The molecule has 392 valence electrons. The molecule has 2 fully saturated rings. The van der Waals surface area contributed by atoms with Gasteiger partial charge in [0.1, 0.15) is 41.6 Å². The predicted molar refractivity (Wildman–Crippen MR) is 265 cm³/mol. The average molecular weight is 1040 g/mol. The molecule has 0 aliphatic carbocycles. The van der Waals surface area contributed by atoms with E-state index in [4.69, 9.17) is 35.5 Å². The van der Waals surface area contributed by atoms with Gasteiger partial charge in [-0.1, -0.05) is 29.3 Å². The first-order valence-electron chi connectivity index (χ1n) is 24.1. The number of aliphatic hydroxyl groups excluding tert-OH is 1. The van der Waals surface area contributed by atoms with Crippen LogP contribution in [-0.4, -0.2) is 148 Å². The molecule has 72 heavy (non-hydrogen) atoms. The molecule has 0 saturated carbocycles. The summed E-state index contributed by atoms with van der Waals surface area (Å²) >= 11 is 8.28. The number of pyridine rings is 1. The molecule has 7 N–H and O–H groups in total. The molecule has 6 rings (SSSR count). The summed E-state index contributed by atoms with van der Waals surface area (Å²) < 4.78 is 38.3. The van der Waals surface area contributed by atoms with E-state index in [1.807, 2.05) is 11.8 Å². The van der Waals surface area contributed by atoms with Crippen LogP contribution in [0.3, 0.4) is 0 Å². The van der Waals surface area contributed by atoms with E-state index in [0.29, 0.717) is 79.0 Å². The normalized spacial score (nSPS) is 18.9. The third kappa shape index (κ3) is 17.5. The van der Waals surface area contributed by atoms with Gasteiger partial charge in [-0.25, -0.2) is 18.7 Å². The molecule has 0 bridgehead atoms. The molecule has 2 aromatic heterocycles. The number of urea groups is 1. The van der Waals surface area contributed by atoms with E-state index in [2.05, 4.69) is 47.2 Å². The largest absolute Gasteiger partial charge is 0.444 e. The number of fused-ring (bicyclic) bond motifs is 1. The van der Waals surface area contributed by atoms with Crippen molar-refractivity contribution in [1.29, 1.82) is 0 Å². The number of aliphatic hydroxyl groups is 1. The zero-order chi connectivity index (χ0) is 51.5. The minimum Gasteiger partial charge on any atom is -0.444 e. The predicted octanol–water partition coefficient (Wildman–Crippen LogP) is 3.64. The second-order valence-electron chi connectivity index (χ2n) is 18.3. The number of carbonyl (C=O) groups excluding carboxylic acids is 5. The van der Waals surface area contributed by atoms with Crippen LogP contribution in [0, 0.1) is 5.82 Å². The van der Waals surface area contributed by atoms with Crippen molar-refractivity contribution < 1.29 is 52.4 Å². The van der Waals surface area contributed by atoms with Gasteiger partial charge in [0.25, 0.3) is 0 Å². The lowest BCUT2D eigenvalue weighted by Gasteiger charge is -2.28. The zero-order valence-electron chi connectivity index (χ0n) is 40.8. The summed E-state index contributed by atoms with van der Waals surface area (Å²) in [4.78, 5) is 72.0. The number of nitrogens with one attached hydrogen (secondary N) is 6. The molecule has 3 aromatic rings. The average Bonchev–Trinajstić information content (AvgIpc) is 4.07. The second kappa shape index (κ2) is 27.9. The van der Waals surface area contributed by atoms with Crippen molar-refractivity contribution in [2.24, 2.45) is 4.99 Å². The van der Waals surface area contributed by atoms with Gasteiger partial charge in [-0.05, 0) is 77.1 Å². The number of amides is 5. The maximum atomic E-state index is 14.0. The van der Waals surface area contributed by atoms with Crippen LogP contribution < -0.4 is 31.9 Å². The number of hydrogen-bond donors (Lipinski definition) is 7. The Morgan fingerprint density at radius 2 is 1.76 bits per heavy atom. The molecule has 0 radical (unpaired) electrons. The molecule has 1 aromatic carbocycles. The maximum Gasteiger partial charge on any atom is 0.407 e. The Morgan fingerprint density at radius 3 is 2.53 bits per heavy atom. The molecule has 5 amide bonds. The van der Waals surface area contributed by atoms with Crippen molar-refractivity contribution in [3.05, 3.63) is 87.9 Å². The number of benzene rings is 1. The number of thioether (sulfide) groups is 1. The van der Waals surface area contributed by atoms with Crippen molar-refractivity contribution in [2.75, 3.05) is 58.5 Å². The summed E-state index contributed by atoms with van der Waals surface area (Å²) in [5.74, 6) is -0.422. The lowest BCUT2D eigenvalue weighted by molar-refractivity contribution is -0.129. The summed E-state index contributed by atoms with van der Waals surface area (Å²) in [5.41, 5.74) is 1.41. The van der Waals surface area contributed by atoms with Crippen molar-refractivity contribution in [2.45, 2.75) is 114 Å². The monoisotopic (exact) mass is 1040 g/mol. The van der Waals surface area contributed by atoms with Gasteiger partial charge in [-0.15, -0.1) is 5.10 Å². The van der Waals surface area contributed by atoms with Gasteiger partial charge in [-0.2, -0.15) is 11.8 Å². The highest BCUT2D eigenvalue weighted by molar-refractivity contribution is 8.00. The van der Waals surface area contributed by atoms with Crippen LogP contribution in [0.5, 0.6) is 0 Å². The topological polar surface area (TPSA) is 271 Å². The maximum absolute atomic E-state index is 14.0. The molecular weight excluding hydrogens is 977 g/mol. The van der Waals surface area contributed by atoms with E-state index in [1.165, 1.54) is 12.1 Å². The Bertz CT molecular complexity index is 2370. The Hall–Kier alpha value is -5.72. The Labute approximate surface area is 426 Å². The van der Waals surface area contributed by atoms with Gasteiger partial charge < -0.3 is 56.0 Å². The molecule has 3 aliphatic rings. The summed E-state index contributed by atoms with van der Waals surface area (Å²) in [6.45, 7) is 6.54. The molecule has 3 aliphatic heterocycles. The number of rotatable bonds is 29. The quantitative estimate of drug-likeness (QED) is 0.0387. The summed E-state index contributed by atoms with van der Waals surface area (Å²) in [7, 11) is 0. The molecule has 5 heterocycles. The number of carbonyl (C=O) groups is 5. The Balaban J connectivity index is 0.884. The van der Waals surface area contributed by atoms with Gasteiger partial charge >= 0.3 is 12.1 Å². The third-order valence-corrected chi connectivity index (χ3v) is 13.4. The zero-order valence-corrected chi connectivity index (χ0v) is 42.3. The van der Waals surface area contributed by atoms with Gasteiger partial charge in [0.15, 0.2) is 5.78 Å². The van der Waals surface area contributed by atoms with E-state index < -0.39 is 42.0 Å². The first-order chi connectivity index (χ1) is 34.7. The Kier molecular flexibility index (Phi) is 21.6. The molecule has 2 saturated heterocycles. The van der Waals surface area contributed by atoms with Gasteiger partial charge in [0.05, 0.1) is 70.2 Å². The van der Waals surface area contributed by atoms with Gasteiger partial charge in [-0.3, -0.25) is 24.4 Å². The van der Waals surface area contributed by atoms with Crippen molar-refractivity contribution >= 4 is 58.9 Å². The van der Waals surface area contributed by atoms with Crippen LogP contribution in [0.1, 0.15) is 88.6 Å². The highest BCUT2D eigenvalue weighted by Crippen LogP contribution is 2.37. The summed E-state index contributed by atoms with van der Waals surface area (Å²) in [6, 6.07) is 5.70. The van der Waals surface area contributed by atoms with E-state index in [9.17, 15) is 33.5 Å².